The molecular formula is C35H42FN4O5S+. The van der Waals surface area contributed by atoms with Gasteiger partial charge in [-0.2, -0.15) is 0 Å². The molecule has 244 valence electrons. The van der Waals surface area contributed by atoms with E-state index in [0.717, 1.165) is 12.0 Å². The van der Waals surface area contributed by atoms with Gasteiger partial charge in [-0.1, -0.05) is 86.9 Å². The van der Waals surface area contributed by atoms with Gasteiger partial charge in [-0.15, -0.1) is 0 Å². The van der Waals surface area contributed by atoms with Gasteiger partial charge in [0.2, 0.25) is 0 Å². The Bertz CT molecular complexity index is 1790. The number of carbonyl (C=O) groups is 2. The first-order valence-electron chi connectivity index (χ1n) is 15.4. The number of carbonyl (C=O) groups excluding carboxylic acids is 2. The number of nitrogens with one attached hydrogen (secondary N) is 1. The minimum absolute atomic E-state index is 0.0626. The molecule has 3 N–H and O–H groups in total. The maximum Gasteiger partial charge on any atom is 0.314 e. The normalized spacial score (nSPS) is 13.7. The topological polar surface area (TPSA) is 132 Å². The first kappa shape index (κ1) is 34.5. The number of rotatable bonds is 14. The van der Waals surface area contributed by atoms with Gasteiger partial charge in [-0.3, -0.25) is 9.52 Å². The average Bonchev–Trinajstić information content (AvgIpc) is 3.32. The summed E-state index contributed by atoms with van der Waals surface area (Å²) in [6.45, 7) is 9.48. The van der Waals surface area contributed by atoms with E-state index in [1.54, 1.807) is 56.3 Å². The Kier molecular flexibility index (Phi) is 10.8. The van der Waals surface area contributed by atoms with Crippen LogP contribution in [0.25, 0.3) is 11.1 Å². The summed E-state index contributed by atoms with van der Waals surface area (Å²) in [4.78, 5) is 27.3. The molecule has 0 aliphatic carbocycles. The zero-order valence-corrected chi connectivity index (χ0v) is 27.7. The highest BCUT2D eigenvalue weighted by Gasteiger charge is 2.48. The molecule has 4 rings (SSSR count). The largest absolute Gasteiger partial charge is 0.364 e. The first-order valence-corrected chi connectivity index (χ1v) is 16.8. The summed E-state index contributed by atoms with van der Waals surface area (Å²) in [6.07, 6.45) is 1.71. The zero-order valence-electron chi connectivity index (χ0n) is 26.9. The van der Waals surface area contributed by atoms with Crippen molar-refractivity contribution in [1.82, 2.24) is 5.16 Å². The molecule has 1 unspecified atom stereocenters. The number of halogens is 1. The molecular weight excluding hydrogens is 607 g/mol. The summed E-state index contributed by atoms with van der Waals surface area (Å²) in [5.41, 5.74) is 9.18. The second-order valence-corrected chi connectivity index (χ2v) is 13.7. The molecule has 2 atom stereocenters. The number of nitrogens with two attached hydrogens (primary N) is 1. The maximum absolute atomic E-state index is 14.2. The third-order valence-electron chi connectivity index (χ3n) is 8.37. The molecule has 46 heavy (non-hydrogen) atoms. The van der Waals surface area contributed by atoms with Crippen molar-refractivity contribution in [2.75, 3.05) is 4.72 Å². The first-order chi connectivity index (χ1) is 21.8. The van der Waals surface area contributed by atoms with E-state index >= 15 is 0 Å². The van der Waals surface area contributed by atoms with Gasteiger partial charge < -0.3 is 10.3 Å². The number of aromatic nitrogens is 1. The summed E-state index contributed by atoms with van der Waals surface area (Å²) in [6, 6.07) is 19.0. The third-order valence-corrected chi connectivity index (χ3v) is 9.77. The van der Waals surface area contributed by atoms with Crippen molar-refractivity contribution in [2.45, 2.75) is 77.9 Å². The minimum atomic E-state index is -4.03. The van der Waals surface area contributed by atoms with Crippen LogP contribution in [0.5, 0.6) is 0 Å². The summed E-state index contributed by atoms with van der Waals surface area (Å²) in [5, 5.41) is 3.83. The summed E-state index contributed by atoms with van der Waals surface area (Å²) < 4.78 is 48.2. The van der Waals surface area contributed by atoms with Gasteiger partial charge in [0.15, 0.2) is 11.9 Å². The lowest BCUT2D eigenvalue weighted by Crippen LogP contribution is -2.64. The molecule has 0 aliphatic heterocycles. The fraction of sp³-hybridized carbons (Fsp3) is 0.343. The number of quaternary nitrogens is 1. The quantitative estimate of drug-likeness (QED) is 0.147. The van der Waals surface area contributed by atoms with Crippen molar-refractivity contribution in [2.24, 2.45) is 11.7 Å². The monoisotopic (exact) mass is 649 g/mol. The van der Waals surface area contributed by atoms with Gasteiger partial charge >= 0.3 is 5.91 Å². The number of amides is 2. The van der Waals surface area contributed by atoms with Crippen LogP contribution in [0, 0.1) is 25.6 Å². The van der Waals surface area contributed by atoms with Gasteiger partial charge in [0.25, 0.3) is 15.9 Å². The highest BCUT2D eigenvalue weighted by Crippen LogP contribution is 2.33. The number of anilines is 1. The highest BCUT2D eigenvalue weighted by molar-refractivity contribution is 7.92. The fourth-order valence-corrected chi connectivity index (χ4v) is 7.23. The molecule has 0 aliphatic rings. The van der Waals surface area contributed by atoms with E-state index in [1.165, 1.54) is 18.2 Å². The molecule has 11 heteroatoms. The number of unbranched alkanes of at least 4 members (excludes halogenated alkanes) is 1. The number of sulfonamides is 1. The Morgan fingerprint density at radius 1 is 0.957 bits per heavy atom. The van der Waals surface area contributed by atoms with E-state index in [-0.39, 0.29) is 46.5 Å². The van der Waals surface area contributed by atoms with Crippen molar-refractivity contribution in [3.8, 4) is 11.1 Å². The van der Waals surface area contributed by atoms with Crippen LogP contribution >= 0.6 is 0 Å². The standard InChI is InChI=1S/C35H41FN4O5S/c1-6-7-12-32(41)40(33(23(2)3)34(37)42,22-27-15-19-29(36)20-16-27)21-26-13-17-28(18-14-26)30-10-8-9-11-31(30)46(43,44)39-35-24(4)25(5)45-38-35/h8-11,13-20,23,33H,6-7,12,21-22H2,1-5H3,(H2-,37,38,39,42)/p+1/t33-,40?/m0/s1. The summed E-state index contributed by atoms with van der Waals surface area (Å²) >= 11 is 0. The van der Waals surface area contributed by atoms with E-state index in [1.807, 2.05) is 32.9 Å². The minimum Gasteiger partial charge on any atom is -0.364 e. The molecule has 1 heterocycles. The van der Waals surface area contributed by atoms with Crippen LogP contribution in [-0.4, -0.2) is 35.9 Å². The van der Waals surface area contributed by atoms with Crippen molar-refractivity contribution >= 4 is 27.7 Å². The van der Waals surface area contributed by atoms with E-state index < -0.39 is 27.8 Å². The lowest BCUT2D eigenvalue weighted by Gasteiger charge is -2.43. The Morgan fingerprint density at radius 2 is 1.54 bits per heavy atom. The van der Waals surface area contributed by atoms with Gasteiger partial charge in [-0.05, 0) is 44.0 Å². The van der Waals surface area contributed by atoms with Crippen LogP contribution in [0.4, 0.5) is 10.2 Å². The summed E-state index contributed by atoms with van der Waals surface area (Å²) in [7, 11) is -4.03. The maximum atomic E-state index is 14.2. The van der Waals surface area contributed by atoms with Crippen LogP contribution in [0.15, 0.2) is 82.2 Å². The van der Waals surface area contributed by atoms with Crippen molar-refractivity contribution in [3.05, 3.63) is 101 Å². The molecule has 2 amide bonds. The molecule has 0 spiro atoms. The van der Waals surface area contributed by atoms with Gasteiger partial charge in [0.1, 0.15) is 24.7 Å². The Balaban J connectivity index is 1.76. The molecule has 9 nitrogen and oxygen atoms in total. The molecule has 0 fully saturated rings. The van der Waals surface area contributed by atoms with E-state index in [9.17, 15) is 22.4 Å². The van der Waals surface area contributed by atoms with Crippen molar-refractivity contribution in [3.63, 3.8) is 0 Å². The van der Waals surface area contributed by atoms with Gasteiger partial charge in [0.05, 0.1) is 11.3 Å². The lowest BCUT2D eigenvalue weighted by molar-refractivity contribution is -0.900. The van der Waals surface area contributed by atoms with Crippen LogP contribution in [0.1, 0.15) is 62.5 Å². The zero-order chi connectivity index (χ0) is 33.6. The number of primary amides is 1. The highest BCUT2D eigenvalue weighted by atomic mass is 32.2. The van der Waals surface area contributed by atoms with Gasteiger partial charge in [-0.25, -0.2) is 22.1 Å². The molecule has 3 aromatic carbocycles. The molecule has 0 radical (unpaired) electrons. The third kappa shape index (κ3) is 7.54. The fourth-order valence-electron chi connectivity index (χ4n) is 5.94. The van der Waals surface area contributed by atoms with Crippen LogP contribution in [-0.2, 0) is 32.7 Å². The van der Waals surface area contributed by atoms with Crippen molar-refractivity contribution in [1.29, 1.82) is 0 Å². The number of benzene rings is 3. The Morgan fingerprint density at radius 3 is 2.07 bits per heavy atom. The number of hydrogen-bond donors (Lipinski definition) is 2. The van der Waals surface area contributed by atoms with Crippen LogP contribution in [0.2, 0.25) is 0 Å². The SMILES string of the molecule is CCCCC(=O)[N+](Cc1ccc(F)cc1)(Cc1ccc(-c2ccccc2S(=O)(=O)Nc2noc(C)c2C)cc1)[C@H](C(N)=O)C(C)C. The van der Waals surface area contributed by atoms with E-state index in [4.69, 9.17) is 10.3 Å². The second-order valence-electron chi connectivity index (χ2n) is 12.1. The number of aryl methyl sites for hydroxylation is 1. The number of hydrogen-bond acceptors (Lipinski definition) is 6. The predicted octanol–water partition coefficient (Wildman–Crippen LogP) is 6.64. The molecule has 4 aromatic rings. The number of nitrogens with zero attached hydrogens (tertiary/aromatic N) is 2. The molecule has 0 saturated heterocycles. The van der Waals surface area contributed by atoms with Crippen molar-refractivity contribution < 1.29 is 31.4 Å². The lowest BCUT2D eigenvalue weighted by atomic mass is 9.94. The smallest absolute Gasteiger partial charge is 0.314 e. The van der Waals surface area contributed by atoms with Crippen LogP contribution < -0.4 is 10.5 Å². The predicted molar refractivity (Wildman–Crippen MR) is 175 cm³/mol. The second kappa shape index (κ2) is 14.4. The Labute approximate surface area is 270 Å². The molecule has 1 aromatic heterocycles. The summed E-state index contributed by atoms with van der Waals surface area (Å²) in [5.74, 6) is -0.714. The van der Waals surface area contributed by atoms with Crippen LogP contribution in [0.3, 0.4) is 0 Å². The van der Waals surface area contributed by atoms with Gasteiger partial charge in [0, 0.05) is 28.2 Å². The molecule has 0 bridgehead atoms. The molecule has 0 saturated carbocycles. The van der Waals surface area contributed by atoms with E-state index in [2.05, 4.69) is 9.88 Å². The average molecular weight is 650 g/mol. The Hall–Kier alpha value is -4.35. The van der Waals surface area contributed by atoms with E-state index in [0.29, 0.717) is 34.4 Å².